The van der Waals surface area contributed by atoms with Gasteiger partial charge in [-0.25, -0.2) is 0 Å². The second-order valence-corrected chi connectivity index (χ2v) is 5.35. The molecule has 2 rings (SSSR count). The second-order valence-electron chi connectivity index (χ2n) is 5.35. The summed E-state index contributed by atoms with van der Waals surface area (Å²) in [4.78, 5) is 11.9. The van der Waals surface area contributed by atoms with Crippen LogP contribution in [0.15, 0.2) is 21.1 Å². The fourth-order valence-corrected chi connectivity index (χ4v) is 1.91. The third-order valence-corrected chi connectivity index (χ3v) is 3.09. The molecule has 2 heterocycles. The van der Waals surface area contributed by atoms with Crippen molar-refractivity contribution in [3.8, 4) is 0 Å². The molecule has 0 aliphatic rings. The Labute approximate surface area is 118 Å². The van der Waals surface area contributed by atoms with Crippen LogP contribution in [0.1, 0.15) is 47.2 Å². The highest BCUT2D eigenvalue weighted by atomic mass is 16.5. The summed E-state index contributed by atoms with van der Waals surface area (Å²) in [6.45, 7) is 8.49. The summed E-state index contributed by atoms with van der Waals surface area (Å²) < 4.78 is 10.7. The van der Waals surface area contributed by atoms with Gasteiger partial charge in [0.25, 0.3) is 5.91 Å². The minimum absolute atomic E-state index is 0.177. The molecule has 0 aliphatic carbocycles. The molecule has 0 saturated carbocycles. The van der Waals surface area contributed by atoms with Crippen LogP contribution in [-0.2, 0) is 6.42 Å². The summed E-state index contributed by atoms with van der Waals surface area (Å²) >= 11 is 0. The van der Waals surface area contributed by atoms with Crippen molar-refractivity contribution in [3.05, 3.63) is 40.7 Å². The zero-order valence-electron chi connectivity index (χ0n) is 12.3. The van der Waals surface area contributed by atoms with Crippen molar-refractivity contribution >= 4 is 5.91 Å². The quantitative estimate of drug-likeness (QED) is 0.911. The Balaban J connectivity index is 2.04. The van der Waals surface area contributed by atoms with Gasteiger partial charge in [0.05, 0.1) is 5.69 Å². The molecule has 2 aromatic rings. The van der Waals surface area contributed by atoms with Crippen LogP contribution in [0.25, 0.3) is 0 Å². The number of nitrogens with zero attached hydrogens (tertiary/aromatic N) is 1. The highest BCUT2D eigenvalue weighted by Gasteiger charge is 2.15. The molecule has 5 nitrogen and oxygen atoms in total. The maximum Gasteiger partial charge on any atom is 0.287 e. The van der Waals surface area contributed by atoms with Gasteiger partial charge in [0.15, 0.2) is 5.76 Å². The third kappa shape index (κ3) is 3.29. The van der Waals surface area contributed by atoms with Gasteiger partial charge in [-0.15, -0.1) is 0 Å². The maximum atomic E-state index is 11.9. The summed E-state index contributed by atoms with van der Waals surface area (Å²) in [5, 5.41) is 6.74. The fourth-order valence-electron chi connectivity index (χ4n) is 1.91. The largest absolute Gasteiger partial charge is 0.456 e. The number of hydrogen-bond donors (Lipinski definition) is 1. The SMILES string of the molecule is Cc1noc(C)c1Cc1ccc(C(=O)NCC(C)C)o1. The summed E-state index contributed by atoms with van der Waals surface area (Å²) in [5.74, 6) is 2.09. The predicted molar refractivity (Wildman–Crippen MR) is 74.7 cm³/mol. The first-order valence-electron chi connectivity index (χ1n) is 6.76. The van der Waals surface area contributed by atoms with Gasteiger partial charge < -0.3 is 14.3 Å². The van der Waals surface area contributed by atoms with Crippen LogP contribution in [0.4, 0.5) is 0 Å². The van der Waals surface area contributed by atoms with E-state index in [-0.39, 0.29) is 5.91 Å². The lowest BCUT2D eigenvalue weighted by Gasteiger charge is -2.05. The topological polar surface area (TPSA) is 68.3 Å². The van der Waals surface area contributed by atoms with Crippen molar-refractivity contribution in [1.82, 2.24) is 10.5 Å². The van der Waals surface area contributed by atoms with Crippen LogP contribution in [0.5, 0.6) is 0 Å². The van der Waals surface area contributed by atoms with Crippen molar-refractivity contribution in [3.63, 3.8) is 0 Å². The van der Waals surface area contributed by atoms with E-state index in [1.165, 1.54) is 0 Å². The minimum atomic E-state index is -0.177. The number of rotatable bonds is 5. The average Bonchev–Trinajstić information content (AvgIpc) is 2.98. The summed E-state index contributed by atoms with van der Waals surface area (Å²) in [5.41, 5.74) is 1.86. The number of aryl methyl sites for hydroxylation is 2. The van der Waals surface area contributed by atoms with Gasteiger partial charge in [-0.05, 0) is 31.9 Å². The molecule has 0 spiro atoms. The molecule has 108 valence electrons. The highest BCUT2D eigenvalue weighted by Crippen LogP contribution is 2.19. The van der Waals surface area contributed by atoms with Gasteiger partial charge in [0.1, 0.15) is 11.5 Å². The lowest BCUT2D eigenvalue weighted by molar-refractivity contribution is 0.0919. The molecule has 1 amide bonds. The van der Waals surface area contributed by atoms with E-state index in [0.717, 1.165) is 22.8 Å². The molecule has 20 heavy (non-hydrogen) atoms. The lowest BCUT2D eigenvalue weighted by Crippen LogP contribution is -2.26. The molecule has 5 heteroatoms. The van der Waals surface area contributed by atoms with Crippen LogP contribution in [0.2, 0.25) is 0 Å². The van der Waals surface area contributed by atoms with Crippen LogP contribution in [0, 0.1) is 19.8 Å². The van der Waals surface area contributed by atoms with Gasteiger partial charge in [-0.1, -0.05) is 19.0 Å². The molecule has 0 saturated heterocycles. The first-order valence-corrected chi connectivity index (χ1v) is 6.76. The smallest absolute Gasteiger partial charge is 0.287 e. The Bertz CT molecular complexity index is 577. The summed E-state index contributed by atoms with van der Waals surface area (Å²) in [6, 6.07) is 3.51. The Morgan fingerprint density at radius 3 is 2.70 bits per heavy atom. The first kappa shape index (κ1) is 14.4. The van der Waals surface area contributed by atoms with E-state index < -0.39 is 0 Å². The van der Waals surface area contributed by atoms with Gasteiger partial charge >= 0.3 is 0 Å². The monoisotopic (exact) mass is 276 g/mol. The Hall–Kier alpha value is -2.04. The molecule has 1 N–H and O–H groups in total. The van der Waals surface area contributed by atoms with Crippen LogP contribution >= 0.6 is 0 Å². The Kier molecular flexibility index (Phi) is 4.27. The Morgan fingerprint density at radius 1 is 1.35 bits per heavy atom. The van der Waals surface area contributed by atoms with Crippen molar-refractivity contribution in [2.24, 2.45) is 5.92 Å². The first-order chi connectivity index (χ1) is 9.47. The number of amides is 1. The van der Waals surface area contributed by atoms with E-state index >= 15 is 0 Å². The number of carbonyl (C=O) groups is 1. The standard InChI is InChI=1S/C15H20N2O3/c1-9(2)8-16-15(18)14-6-5-12(19-14)7-13-10(3)17-20-11(13)4/h5-6,9H,7-8H2,1-4H3,(H,16,18). The minimum Gasteiger partial charge on any atom is -0.456 e. The van der Waals surface area contributed by atoms with Gasteiger partial charge in [0.2, 0.25) is 0 Å². The molecule has 0 unspecified atom stereocenters. The molecular weight excluding hydrogens is 256 g/mol. The van der Waals surface area contributed by atoms with Crippen LogP contribution in [0.3, 0.4) is 0 Å². The normalized spacial score (nSPS) is 11.1. The van der Waals surface area contributed by atoms with E-state index in [9.17, 15) is 4.79 Å². The second kappa shape index (κ2) is 5.94. The molecule has 0 fully saturated rings. The molecular formula is C15H20N2O3. The van der Waals surface area contributed by atoms with Crippen molar-refractivity contribution in [2.45, 2.75) is 34.1 Å². The number of aromatic nitrogens is 1. The summed E-state index contributed by atoms with van der Waals surface area (Å²) in [7, 11) is 0. The number of carbonyl (C=O) groups excluding carboxylic acids is 1. The van der Waals surface area contributed by atoms with Crippen LogP contribution in [-0.4, -0.2) is 17.6 Å². The molecule has 0 bridgehead atoms. The van der Waals surface area contributed by atoms with E-state index in [1.54, 1.807) is 6.07 Å². The van der Waals surface area contributed by atoms with Crippen molar-refractivity contribution in [1.29, 1.82) is 0 Å². The summed E-state index contributed by atoms with van der Waals surface area (Å²) in [6.07, 6.45) is 0.582. The van der Waals surface area contributed by atoms with E-state index in [1.807, 2.05) is 33.8 Å². The number of hydrogen-bond acceptors (Lipinski definition) is 4. The molecule has 0 aromatic carbocycles. The molecule has 2 aromatic heterocycles. The third-order valence-electron chi connectivity index (χ3n) is 3.09. The zero-order chi connectivity index (χ0) is 14.7. The van der Waals surface area contributed by atoms with Crippen molar-refractivity contribution < 1.29 is 13.7 Å². The Morgan fingerprint density at radius 2 is 2.10 bits per heavy atom. The van der Waals surface area contributed by atoms with Gasteiger partial charge in [-0.3, -0.25) is 4.79 Å². The molecule has 0 radical (unpaired) electrons. The molecule has 0 aliphatic heterocycles. The lowest BCUT2D eigenvalue weighted by atomic mass is 10.1. The average molecular weight is 276 g/mol. The van der Waals surface area contributed by atoms with E-state index in [4.69, 9.17) is 8.94 Å². The van der Waals surface area contributed by atoms with Gasteiger partial charge in [-0.2, -0.15) is 0 Å². The number of furan rings is 1. The maximum absolute atomic E-state index is 11.9. The van der Waals surface area contributed by atoms with E-state index in [0.29, 0.717) is 24.6 Å². The highest BCUT2D eigenvalue weighted by molar-refractivity contribution is 5.91. The number of nitrogens with one attached hydrogen (secondary N) is 1. The zero-order valence-corrected chi connectivity index (χ0v) is 12.3. The molecule has 0 atom stereocenters. The van der Waals surface area contributed by atoms with Crippen molar-refractivity contribution in [2.75, 3.05) is 6.54 Å². The van der Waals surface area contributed by atoms with Gasteiger partial charge in [0, 0.05) is 18.5 Å². The van der Waals surface area contributed by atoms with E-state index in [2.05, 4.69) is 10.5 Å². The van der Waals surface area contributed by atoms with Crippen LogP contribution < -0.4 is 5.32 Å². The fraction of sp³-hybridized carbons (Fsp3) is 0.467. The predicted octanol–water partition coefficient (Wildman–Crippen LogP) is 2.86.